The first-order valence-corrected chi connectivity index (χ1v) is 10.3. The summed E-state index contributed by atoms with van der Waals surface area (Å²) in [5, 5.41) is 7.04. The summed E-state index contributed by atoms with van der Waals surface area (Å²) in [6, 6.07) is 14.0. The van der Waals surface area contributed by atoms with E-state index in [1.807, 2.05) is 17.0 Å². The molecule has 1 amide bonds. The Morgan fingerprint density at radius 2 is 1.68 bits per heavy atom. The van der Waals surface area contributed by atoms with Gasteiger partial charge < -0.3 is 4.90 Å². The Bertz CT molecular complexity index is 1060. The molecule has 0 bridgehead atoms. The minimum Gasteiger partial charge on any atom is -0.338 e. The largest absolute Gasteiger partial charge is 0.416 e. The van der Waals surface area contributed by atoms with Gasteiger partial charge in [0.1, 0.15) is 0 Å². The highest BCUT2D eigenvalue weighted by molar-refractivity contribution is 5.94. The van der Waals surface area contributed by atoms with E-state index in [2.05, 4.69) is 24.0 Å². The SMILES string of the molecule is C[C@H]1C[C@H](C)CN(C(=O)c2ccc(-c3cc(-c4cccc(C(F)(F)F)c4)n[nH]3)cc2)C1. The number of amides is 1. The average Bonchev–Trinajstić information content (AvgIpc) is 3.22. The lowest BCUT2D eigenvalue weighted by molar-refractivity contribution is -0.137. The number of likely N-dealkylation sites (tertiary alicyclic amines) is 1. The number of aromatic amines is 1. The number of benzene rings is 2. The van der Waals surface area contributed by atoms with Gasteiger partial charge in [0.15, 0.2) is 0 Å². The molecule has 0 aliphatic carbocycles. The van der Waals surface area contributed by atoms with Crippen molar-refractivity contribution in [3.8, 4) is 22.5 Å². The van der Waals surface area contributed by atoms with E-state index in [-0.39, 0.29) is 5.91 Å². The van der Waals surface area contributed by atoms with Crippen LogP contribution in [0.1, 0.15) is 36.2 Å². The predicted octanol–water partition coefficient (Wildman–Crippen LogP) is 5.88. The molecule has 1 aliphatic heterocycles. The van der Waals surface area contributed by atoms with Gasteiger partial charge >= 0.3 is 6.18 Å². The molecule has 0 saturated carbocycles. The van der Waals surface area contributed by atoms with E-state index in [9.17, 15) is 18.0 Å². The highest BCUT2D eigenvalue weighted by atomic mass is 19.4. The van der Waals surface area contributed by atoms with Gasteiger partial charge in [-0.3, -0.25) is 9.89 Å². The summed E-state index contributed by atoms with van der Waals surface area (Å²) in [7, 11) is 0. The van der Waals surface area contributed by atoms with Crippen LogP contribution in [-0.2, 0) is 6.18 Å². The number of nitrogens with one attached hydrogen (secondary N) is 1. The van der Waals surface area contributed by atoms with E-state index >= 15 is 0 Å². The van der Waals surface area contributed by atoms with E-state index in [1.54, 1.807) is 24.3 Å². The van der Waals surface area contributed by atoms with Crippen LogP contribution < -0.4 is 0 Å². The number of alkyl halides is 3. The summed E-state index contributed by atoms with van der Waals surface area (Å²) in [4.78, 5) is 14.8. The third-order valence-corrected chi connectivity index (χ3v) is 5.66. The van der Waals surface area contributed by atoms with Crippen LogP contribution in [0.2, 0.25) is 0 Å². The van der Waals surface area contributed by atoms with Gasteiger partial charge in [0.2, 0.25) is 0 Å². The zero-order valence-corrected chi connectivity index (χ0v) is 17.4. The standard InChI is InChI=1S/C24H24F3N3O/c1-15-10-16(2)14-30(13-15)23(31)18-8-6-17(7-9-18)21-12-22(29-28-21)19-4-3-5-20(11-19)24(25,26)27/h3-9,11-12,15-16H,10,13-14H2,1-2H3,(H,28,29)/t15-,16-/m0/s1. The highest BCUT2D eigenvalue weighted by Gasteiger charge is 2.30. The maximum Gasteiger partial charge on any atom is 0.416 e. The summed E-state index contributed by atoms with van der Waals surface area (Å²) in [5.74, 6) is 1.01. The fourth-order valence-electron chi connectivity index (χ4n) is 4.28. The van der Waals surface area contributed by atoms with Crippen molar-refractivity contribution < 1.29 is 18.0 Å². The molecule has 3 aromatic rings. The van der Waals surface area contributed by atoms with E-state index < -0.39 is 11.7 Å². The third kappa shape index (κ3) is 4.65. The maximum absolute atomic E-state index is 13.0. The van der Waals surface area contributed by atoms with Gasteiger partial charge in [-0.25, -0.2) is 0 Å². The van der Waals surface area contributed by atoms with Gasteiger partial charge in [-0.1, -0.05) is 38.1 Å². The average molecular weight is 427 g/mol. The monoisotopic (exact) mass is 427 g/mol. The second-order valence-corrected chi connectivity index (χ2v) is 8.48. The van der Waals surface area contributed by atoms with Gasteiger partial charge in [-0.05, 0) is 54.2 Å². The number of aromatic nitrogens is 2. The van der Waals surface area contributed by atoms with E-state index in [0.29, 0.717) is 34.4 Å². The first kappa shape index (κ1) is 21.2. The van der Waals surface area contributed by atoms with Crippen LogP contribution in [0.25, 0.3) is 22.5 Å². The first-order chi connectivity index (χ1) is 14.7. The Morgan fingerprint density at radius 1 is 1.00 bits per heavy atom. The van der Waals surface area contributed by atoms with Crippen molar-refractivity contribution in [1.29, 1.82) is 0 Å². The van der Waals surface area contributed by atoms with Gasteiger partial charge in [0.25, 0.3) is 5.91 Å². The van der Waals surface area contributed by atoms with Crippen LogP contribution in [0, 0.1) is 11.8 Å². The number of halogens is 3. The minimum absolute atomic E-state index is 0.0271. The molecule has 1 aromatic heterocycles. The maximum atomic E-state index is 13.0. The molecule has 4 nitrogen and oxygen atoms in total. The van der Waals surface area contributed by atoms with Crippen LogP contribution in [-0.4, -0.2) is 34.1 Å². The molecule has 2 aromatic carbocycles. The van der Waals surface area contributed by atoms with Crippen LogP contribution in [0.3, 0.4) is 0 Å². The Hall–Kier alpha value is -3.09. The molecule has 0 spiro atoms. The lowest BCUT2D eigenvalue weighted by atomic mass is 9.91. The molecule has 2 atom stereocenters. The third-order valence-electron chi connectivity index (χ3n) is 5.66. The fraction of sp³-hybridized carbons (Fsp3) is 0.333. The molecular weight excluding hydrogens is 403 g/mol. The number of carbonyl (C=O) groups excluding carboxylic acids is 1. The Kier molecular flexibility index (Phi) is 5.60. The van der Waals surface area contributed by atoms with Gasteiger partial charge in [0, 0.05) is 24.2 Å². The molecule has 4 rings (SSSR count). The summed E-state index contributed by atoms with van der Waals surface area (Å²) < 4.78 is 38.9. The number of carbonyl (C=O) groups is 1. The van der Waals surface area contributed by atoms with Crippen molar-refractivity contribution in [1.82, 2.24) is 15.1 Å². The van der Waals surface area contributed by atoms with E-state index in [1.165, 1.54) is 6.07 Å². The molecule has 1 saturated heterocycles. The summed E-state index contributed by atoms with van der Waals surface area (Å²) in [6.45, 7) is 5.87. The van der Waals surface area contributed by atoms with Crippen LogP contribution in [0.5, 0.6) is 0 Å². The minimum atomic E-state index is -4.40. The van der Waals surface area contributed by atoms with Gasteiger partial charge in [-0.15, -0.1) is 0 Å². The molecule has 0 unspecified atom stereocenters. The molecule has 1 aliphatic rings. The first-order valence-electron chi connectivity index (χ1n) is 10.3. The summed E-state index contributed by atoms with van der Waals surface area (Å²) >= 11 is 0. The van der Waals surface area contributed by atoms with E-state index in [4.69, 9.17) is 0 Å². The summed E-state index contributed by atoms with van der Waals surface area (Å²) in [6.07, 6.45) is -3.27. The number of nitrogens with zero attached hydrogens (tertiary/aromatic N) is 2. The lowest BCUT2D eigenvalue weighted by Crippen LogP contribution is -2.42. The number of hydrogen-bond donors (Lipinski definition) is 1. The summed E-state index contributed by atoms with van der Waals surface area (Å²) in [5.41, 5.74) is 2.21. The second-order valence-electron chi connectivity index (χ2n) is 8.48. The van der Waals surface area contributed by atoms with Gasteiger partial charge in [0.05, 0.1) is 17.0 Å². The number of rotatable bonds is 3. The molecule has 2 heterocycles. The normalized spacial score (nSPS) is 19.5. The number of H-pyrrole nitrogens is 1. The van der Waals surface area contributed by atoms with Crippen molar-refractivity contribution >= 4 is 5.91 Å². The Morgan fingerprint density at radius 3 is 2.32 bits per heavy atom. The predicted molar refractivity (Wildman–Crippen MR) is 113 cm³/mol. The van der Waals surface area contributed by atoms with E-state index in [0.717, 1.165) is 37.2 Å². The van der Waals surface area contributed by atoms with Crippen LogP contribution in [0.4, 0.5) is 13.2 Å². The van der Waals surface area contributed by atoms with Crippen molar-refractivity contribution in [2.45, 2.75) is 26.4 Å². The number of hydrogen-bond acceptors (Lipinski definition) is 2. The van der Waals surface area contributed by atoms with Crippen molar-refractivity contribution in [2.75, 3.05) is 13.1 Å². The van der Waals surface area contributed by atoms with Crippen LogP contribution >= 0.6 is 0 Å². The Balaban J connectivity index is 1.52. The smallest absolute Gasteiger partial charge is 0.338 e. The zero-order valence-electron chi connectivity index (χ0n) is 17.4. The topological polar surface area (TPSA) is 49.0 Å². The molecule has 1 N–H and O–H groups in total. The molecule has 162 valence electrons. The lowest BCUT2D eigenvalue weighted by Gasteiger charge is -2.35. The zero-order chi connectivity index (χ0) is 22.2. The van der Waals surface area contributed by atoms with Crippen molar-refractivity contribution in [2.24, 2.45) is 11.8 Å². The molecule has 0 radical (unpaired) electrons. The second kappa shape index (κ2) is 8.21. The molecule has 31 heavy (non-hydrogen) atoms. The van der Waals surface area contributed by atoms with Gasteiger partial charge in [-0.2, -0.15) is 18.3 Å². The molecule has 7 heteroatoms. The molecule has 1 fully saturated rings. The van der Waals surface area contributed by atoms with Crippen molar-refractivity contribution in [3.63, 3.8) is 0 Å². The molecular formula is C24H24F3N3O. The quantitative estimate of drug-likeness (QED) is 0.567. The number of piperidine rings is 1. The Labute approximate surface area is 179 Å². The van der Waals surface area contributed by atoms with Crippen molar-refractivity contribution in [3.05, 3.63) is 65.7 Å². The van der Waals surface area contributed by atoms with Crippen LogP contribution in [0.15, 0.2) is 54.6 Å². The highest BCUT2D eigenvalue weighted by Crippen LogP contribution is 2.32. The fourth-order valence-corrected chi connectivity index (χ4v) is 4.28.